The van der Waals surface area contributed by atoms with Crippen LogP contribution in [0.25, 0.3) is 0 Å². The summed E-state index contributed by atoms with van der Waals surface area (Å²) in [6, 6.07) is 5.64. The van der Waals surface area contributed by atoms with Crippen LogP contribution in [0, 0.1) is 20.0 Å². The van der Waals surface area contributed by atoms with E-state index in [4.69, 9.17) is 9.78 Å². The summed E-state index contributed by atoms with van der Waals surface area (Å²) in [6.45, 7) is 7.50. The molecular weight excluding hydrogens is 204 g/mol. The summed E-state index contributed by atoms with van der Waals surface area (Å²) < 4.78 is 0. The summed E-state index contributed by atoms with van der Waals surface area (Å²) >= 11 is 0. The lowest BCUT2D eigenvalue weighted by Crippen LogP contribution is -2.09. The summed E-state index contributed by atoms with van der Waals surface area (Å²) in [5.41, 5.74) is 2.45. The van der Waals surface area contributed by atoms with Gasteiger partial charge < -0.3 is 0 Å². The van der Waals surface area contributed by atoms with E-state index in [1.54, 1.807) is 13.0 Å². The maximum absolute atomic E-state index is 11.7. The molecule has 0 heterocycles. The van der Waals surface area contributed by atoms with Crippen molar-refractivity contribution in [3.63, 3.8) is 0 Å². The minimum Gasteiger partial charge on any atom is -0.292 e. The summed E-state index contributed by atoms with van der Waals surface area (Å²) in [5, 5.41) is 0. The molecule has 0 aromatic heterocycles. The van der Waals surface area contributed by atoms with Crippen molar-refractivity contribution in [3.8, 4) is 0 Å². The van der Waals surface area contributed by atoms with Crippen molar-refractivity contribution in [2.45, 2.75) is 34.1 Å². The van der Waals surface area contributed by atoms with Crippen molar-refractivity contribution in [1.29, 1.82) is 0 Å². The van der Waals surface area contributed by atoms with Gasteiger partial charge in [-0.25, -0.2) is 4.79 Å². The summed E-state index contributed by atoms with van der Waals surface area (Å²) in [7, 11) is 0. The largest absolute Gasteiger partial charge is 0.373 e. The molecule has 1 aromatic rings. The van der Waals surface area contributed by atoms with Gasteiger partial charge in [-0.05, 0) is 38.8 Å². The topological polar surface area (TPSA) is 35.5 Å². The Kier molecular flexibility index (Phi) is 4.50. The van der Waals surface area contributed by atoms with Gasteiger partial charge in [-0.2, -0.15) is 4.89 Å². The molecule has 0 N–H and O–H groups in total. The van der Waals surface area contributed by atoms with Crippen LogP contribution < -0.4 is 0 Å². The van der Waals surface area contributed by atoms with Crippen LogP contribution in [0.5, 0.6) is 0 Å². The second kappa shape index (κ2) is 5.66. The van der Waals surface area contributed by atoms with Gasteiger partial charge in [-0.1, -0.05) is 24.6 Å². The Morgan fingerprint density at radius 1 is 1.25 bits per heavy atom. The second-order valence-electron chi connectivity index (χ2n) is 3.83. The fourth-order valence-corrected chi connectivity index (χ4v) is 1.17. The summed E-state index contributed by atoms with van der Waals surface area (Å²) in [6.07, 6.45) is 1.40. The smallest absolute Gasteiger partial charge is 0.292 e. The SMILES string of the molecule is CC[C](C)OOC(=O)c1cc(C)ccc1C. The molecule has 0 bridgehead atoms. The maximum atomic E-state index is 11.7. The first-order valence-corrected chi connectivity index (χ1v) is 5.33. The van der Waals surface area contributed by atoms with E-state index in [-0.39, 0.29) is 0 Å². The van der Waals surface area contributed by atoms with E-state index in [0.717, 1.165) is 17.5 Å². The molecule has 0 atom stereocenters. The van der Waals surface area contributed by atoms with E-state index in [1.165, 1.54) is 0 Å². The standard InChI is InChI=1S/C13H17O3/c1-5-11(4)15-16-13(14)12-8-9(2)6-7-10(12)3/h6-8H,5H2,1-4H3. The van der Waals surface area contributed by atoms with E-state index in [0.29, 0.717) is 11.7 Å². The molecule has 0 aliphatic heterocycles. The second-order valence-corrected chi connectivity index (χ2v) is 3.83. The van der Waals surface area contributed by atoms with E-state index in [9.17, 15) is 4.79 Å². The highest BCUT2D eigenvalue weighted by Crippen LogP contribution is 2.14. The van der Waals surface area contributed by atoms with E-state index in [1.807, 2.05) is 32.9 Å². The number of hydrogen-bond donors (Lipinski definition) is 0. The number of rotatable bonds is 4. The van der Waals surface area contributed by atoms with Crippen LogP contribution in [0.3, 0.4) is 0 Å². The normalized spacial score (nSPS) is 10.6. The Labute approximate surface area is 96.3 Å². The zero-order chi connectivity index (χ0) is 12.1. The van der Waals surface area contributed by atoms with Gasteiger partial charge in [0.15, 0.2) is 0 Å². The summed E-state index contributed by atoms with van der Waals surface area (Å²) in [5.74, 6) is -0.450. The molecule has 0 aliphatic carbocycles. The Morgan fingerprint density at radius 3 is 2.56 bits per heavy atom. The lowest BCUT2D eigenvalue weighted by molar-refractivity contribution is -0.232. The van der Waals surface area contributed by atoms with Gasteiger partial charge in [0.2, 0.25) is 0 Å². The van der Waals surface area contributed by atoms with E-state index >= 15 is 0 Å². The molecule has 3 heteroatoms. The van der Waals surface area contributed by atoms with Crippen LogP contribution in [0.15, 0.2) is 18.2 Å². The maximum Gasteiger partial charge on any atom is 0.373 e. The van der Waals surface area contributed by atoms with Gasteiger partial charge in [0, 0.05) is 0 Å². The van der Waals surface area contributed by atoms with Crippen LogP contribution in [-0.4, -0.2) is 5.97 Å². The van der Waals surface area contributed by atoms with Crippen molar-refractivity contribution in [3.05, 3.63) is 41.0 Å². The molecule has 87 valence electrons. The predicted octanol–water partition coefficient (Wildman–Crippen LogP) is 3.35. The number of carbonyl (C=O) groups is 1. The Morgan fingerprint density at radius 2 is 1.94 bits per heavy atom. The monoisotopic (exact) mass is 221 g/mol. The van der Waals surface area contributed by atoms with Crippen LogP contribution in [0.1, 0.15) is 41.8 Å². The highest BCUT2D eigenvalue weighted by Gasteiger charge is 2.13. The average Bonchev–Trinajstić information content (AvgIpc) is 2.28. The van der Waals surface area contributed by atoms with Crippen LogP contribution in [-0.2, 0) is 9.78 Å². The van der Waals surface area contributed by atoms with Gasteiger partial charge in [0.1, 0.15) is 6.10 Å². The van der Waals surface area contributed by atoms with Crippen molar-refractivity contribution >= 4 is 5.97 Å². The summed E-state index contributed by atoms with van der Waals surface area (Å²) in [4.78, 5) is 21.3. The lowest BCUT2D eigenvalue weighted by atomic mass is 10.1. The van der Waals surface area contributed by atoms with Crippen LogP contribution >= 0.6 is 0 Å². The Hall–Kier alpha value is -1.35. The molecule has 0 saturated carbocycles. The van der Waals surface area contributed by atoms with Crippen molar-refractivity contribution in [1.82, 2.24) is 0 Å². The molecule has 1 rings (SSSR count). The first-order valence-electron chi connectivity index (χ1n) is 5.33. The van der Waals surface area contributed by atoms with E-state index < -0.39 is 5.97 Å². The number of carbonyl (C=O) groups excluding carboxylic acids is 1. The Balaban J connectivity index is 2.69. The molecule has 0 saturated heterocycles. The Bertz CT molecular complexity index is 371. The quantitative estimate of drug-likeness (QED) is 0.577. The molecule has 0 unspecified atom stereocenters. The molecule has 1 radical (unpaired) electrons. The lowest BCUT2D eigenvalue weighted by Gasteiger charge is -2.09. The number of aryl methyl sites for hydroxylation is 2. The first kappa shape index (κ1) is 12.7. The van der Waals surface area contributed by atoms with Gasteiger partial charge in [0.25, 0.3) is 0 Å². The van der Waals surface area contributed by atoms with Crippen molar-refractivity contribution in [2.24, 2.45) is 0 Å². The van der Waals surface area contributed by atoms with Gasteiger partial charge in [-0.15, -0.1) is 0 Å². The molecule has 0 aliphatic rings. The minimum absolute atomic E-state index is 0.450. The number of benzene rings is 1. The zero-order valence-corrected chi connectivity index (χ0v) is 10.2. The zero-order valence-electron chi connectivity index (χ0n) is 10.2. The molecule has 0 fully saturated rings. The molecule has 1 aromatic carbocycles. The van der Waals surface area contributed by atoms with Crippen molar-refractivity contribution in [2.75, 3.05) is 0 Å². The van der Waals surface area contributed by atoms with Gasteiger partial charge in [0.05, 0.1) is 5.56 Å². The first-order chi connectivity index (χ1) is 7.54. The molecule has 16 heavy (non-hydrogen) atoms. The fraction of sp³-hybridized carbons (Fsp3) is 0.385. The highest BCUT2D eigenvalue weighted by atomic mass is 17.2. The highest BCUT2D eigenvalue weighted by molar-refractivity contribution is 5.90. The molecule has 3 nitrogen and oxygen atoms in total. The van der Waals surface area contributed by atoms with Crippen molar-refractivity contribution < 1.29 is 14.6 Å². The number of hydrogen-bond acceptors (Lipinski definition) is 3. The minimum atomic E-state index is -0.450. The average molecular weight is 221 g/mol. The van der Waals surface area contributed by atoms with Crippen LogP contribution in [0.2, 0.25) is 0 Å². The molecule has 0 amide bonds. The third-order valence-electron chi connectivity index (χ3n) is 2.37. The fourth-order valence-electron chi connectivity index (χ4n) is 1.17. The van der Waals surface area contributed by atoms with Gasteiger partial charge in [-0.3, -0.25) is 4.89 Å². The van der Waals surface area contributed by atoms with E-state index in [2.05, 4.69) is 0 Å². The van der Waals surface area contributed by atoms with Crippen LogP contribution in [0.4, 0.5) is 0 Å². The third kappa shape index (κ3) is 3.35. The predicted molar refractivity (Wildman–Crippen MR) is 61.6 cm³/mol. The molecule has 0 spiro atoms. The third-order valence-corrected chi connectivity index (χ3v) is 2.37. The molecular formula is C13H17O3. The van der Waals surface area contributed by atoms with Gasteiger partial charge >= 0.3 is 5.97 Å².